The predicted octanol–water partition coefficient (Wildman–Crippen LogP) is 7.25. The van der Waals surface area contributed by atoms with Gasteiger partial charge in [0.25, 0.3) is 0 Å². The van der Waals surface area contributed by atoms with Crippen molar-refractivity contribution in [3.05, 3.63) is 125 Å². The van der Waals surface area contributed by atoms with E-state index in [4.69, 9.17) is 8.44 Å². The molecule has 0 radical (unpaired) electrons. The van der Waals surface area contributed by atoms with Gasteiger partial charge in [-0.3, -0.25) is 0 Å². The predicted molar refractivity (Wildman–Crippen MR) is 126 cm³/mol. The Kier molecular flexibility index (Phi) is 7.12. The van der Waals surface area contributed by atoms with Crippen molar-refractivity contribution in [1.29, 1.82) is 0 Å². The van der Waals surface area contributed by atoms with Gasteiger partial charge in [0.1, 0.15) is 0 Å². The van der Waals surface area contributed by atoms with Crippen LogP contribution in [0.3, 0.4) is 0 Å². The van der Waals surface area contributed by atoms with E-state index in [2.05, 4.69) is 32.9 Å². The summed E-state index contributed by atoms with van der Waals surface area (Å²) in [5.74, 6) is 2.30. The van der Waals surface area contributed by atoms with E-state index in [0.29, 0.717) is 4.13 Å². The zero-order valence-electron chi connectivity index (χ0n) is 18.7. The zero-order chi connectivity index (χ0) is 22.4. The molecule has 4 heteroatoms. The molecule has 4 aromatic carbocycles. The van der Waals surface area contributed by atoms with E-state index in [0.717, 1.165) is 22.8 Å². The van der Waals surface area contributed by atoms with Crippen LogP contribution in [0.2, 0.25) is 0 Å². The molecule has 4 rings (SSSR count). The molecule has 0 heterocycles. The van der Waals surface area contributed by atoms with Crippen molar-refractivity contribution >= 4 is 0 Å². The van der Waals surface area contributed by atoms with Crippen molar-refractivity contribution in [2.45, 2.75) is 24.9 Å². The van der Waals surface area contributed by atoms with Crippen molar-refractivity contribution in [3.63, 3.8) is 0 Å². The third kappa shape index (κ3) is 6.11. The van der Waals surface area contributed by atoms with Crippen molar-refractivity contribution in [1.82, 2.24) is 0 Å². The average Bonchev–Trinajstić information content (AvgIpc) is 2.79. The Hall–Kier alpha value is -2.84. The standard InChI is InChI=1S/3C7H8O.C7H7.Zr/c3*1-6-2-4-7(8)5-3-6;1-7-5-3-2-4-6-7;/h3*2-5,8H,1H3;2-6H,1H2;/q;;;;+3/p-3. The van der Waals surface area contributed by atoms with E-state index in [9.17, 15) is 0 Å². The molecular formula is C28H28O3Zr. The third-order valence-electron chi connectivity index (χ3n) is 5.15. The maximum absolute atomic E-state index is 6.69. The summed E-state index contributed by atoms with van der Waals surface area (Å²) < 4.78 is 20.7. The fraction of sp³-hybridized carbons (Fsp3) is 0.143. The molecule has 0 amide bonds. The molecule has 0 saturated heterocycles. The third-order valence-corrected chi connectivity index (χ3v) is 11.2. The van der Waals surface area contributed by atoms with E-state index < -0.39 is 21.6 Å². The Bertz CT molecular complexity index is 1010. The van der Waals surface area contributed by atoms with E-state index in [1.807, 2.05) is 91.0 Å². The number of hydrogen-bond acceptors (Lipinski definition) is 3. The van der Waals surface area contributed by atoms with Gasteiger partial charge in [0.2, 0.25) is 0 Å². The summed E-state index contributed by atoms with van der Waals surface area (Å²) >= 11 is -4.29. The van der Waals surface area contributed by atoms with E-state index in [1.54, 1.807) is 0 Å². The van der Waals surface area contributed by atoms with Crippen LogP contribution in [0.4, 0.5) is 0 Å². The van der Waals surface area contributed by atoms with Crippen LogP contribution < -0.4 is 8.44 Å². The first-order valence-electron chi connectivity index (χ1n) is 10.8. The quantitative estimate of drug-likeness (QED) is 0.253. The van der Waals surface area contributed by atoms with Gasteiger partial charge in [0.05, 0.1) is 0 Å². The van der Waals surface area contributed by atoms with E-state index in [-0.39, 0.29) is 0 Å². The van der Waals surface area contributed by atoms with Gasteiger partial charge in [-0.2, -0.15) is 0 Å². The molecule has 0 aromatic heterocycles. The van der Waals surface area contributed by atoms with Crippen LogP contribution in [-0.2, 0) is 25.7 Å². The second kappa shape index (κ2) is 10.2. The molecule has 0 saturated carbocycles. The summed E-state index contributed by atoms with van der Waals surface area (Å²) in [5.41, 5.74) is 4.68. The number of benzene rings is 4. The molecule has 162 valence electrons. The second-order valence-electron chi connectivity index (χ2n) is 8.09. The normalized spacial score (nSPS) is 11.1. The summed E-state index contributed by atoms with van der Waals surface area (Å²) in [6.07, 6.45) is 0. The molecule has 0 fully saturated rings. The Morgan fingerprint density at radius 2 is 0.812 bits per heavy atom. The van der Waals surface area contributed by atoms with Gasteiger partial charge < -0.3 is 0 Å². The average molecular weight is 504 g/mol. The summed E-state index contributed by atoms with van der Waals surface area (Å²) in [6, 6.07) is 34.5. The van der Waals surface area contributed by atoms with Gasteiger partial charge in [-0.15, -0.1) is 0 Å². The summed E-state index contributed by atoms with van der Waals surface area (Å²) in [4.78, 5) is 0. The van der Waals surface area contributed by atoms with Crippen LogP contribution in [0, 0.1) is 20.8 Å². The fourth-order valence-corrected chi connectivity index (χ4v) is 9.67. The molecule has 0 bridgehead atoms. The maximum atomic E-state index is 6.69. The molecule has 32 heavy (non-hydrogen) atoms. The van der Waals surface area contributed by atoms with Crippen molar-refractivity contribution in [2.24, 2.45) is 0 Å². The Morgan fingerprint density at radius 3 is 1.16 bits per heavy atom. The van der Waals surface area contributed by atoms with E-state index >= 15 is 0 Å². The van der Waals surface area contributed by atoms with Crippen LogP contribution in [0.5, 0.6) is 17.2 Å². The minimum absolute atomic E-state index is 0.602. The second-order valence-corrected chi connectivity index (χ2v) is 13.8. The van der Waals surface area contributed by atoms with Crippen LogP contribution in [0.25, 0.3) is 0 Å². The molecule has 0 atom stereocenters. The van der Waals surface area contributed by atoms with Gasteiger partial charge in [-0.05, 0) is 0 Å². The van der Waals surface area contributed by atoms with Gasteiger partial charge in [-0.1, -0.05) is 0 Å². The Labute approximate surface area is 196 Å². The first kappa shape index (κ1) is 22.4. The van der Waals surface area contributed by atoms with Crippen LogP contribution in [0.15, 0.2) is 103 Å². The first-order chi connectivity index (χ1) is 15.5. The SMILES string of the molecule is Cc1ccc([O][Zr]([CH2]c2ccccc2)([O]c2ccc(C)cc2)[O]c2ccc(C)cc2)cc1. The molecule has 0 unspecified atom stereocenters. The van der Waals surface area contributed by atoms with E-state index in [1.165, 1.54) is 16.7 Å². The molecule has 0 aliphatic heterocycles. The van der Waals surface area contributed by atoms with Gasteiger partial charge in [-0.25, -0.2) is 0 Å². The monoisotopic (exact) mass is 502 g/mol. The molecule has 3 nitrogen and oxygen atoms in total. The van der Waals surface area contributed by atoms with Crippen molar-refractivity contribution in [2.75, 3.05) is 0 Å². The van der Waals surface area contributed by atoms with Crippen LogP contribution >= 0.6 is 0 Å². The molecule has 0 N–H and O–H groups in total. The summed E-state index contributed by atoms with van der Waals surface area (Å²) in [7, 11) is 0. The summed E-state index contributed by atoms with van der Waals surface area (Å²) in [6.45, 7) is 6.20. The van der Waals surface area contributed by atoms with Crippen LogP contribution in [-0.4, -0.2) is 0 Å². The van der Waals surface area contributed by atoms with Crippen LogP contribution in [0.1, 0.15) is 22.3 Å². The Morgan fingerprint density at radius 1 is 0.469 bits per heavy atom. The molecule has 0 aliphatic rings. The molecule has 4 aromatic rings. The summed E-state index contributed by atoms with van der Waals surface area (Å²) in [5, 5.41) is 0. The fourth-order valence-electron chi connectivity index (χ4n) is 3.37. The first-order valence-corrected chi connectivity index (χ1v) is 15.6. The number of hydrogen-bond donors (Lipinski definition) is 0. The molecular weight excluding hydrogens is 476 g/mol. The topological polar surface area (TPSA) is 27.7 Å². The van der Waals surface area contributed by atoms with Gasteiger partial charge in [0.15, 0.2) is 0 Å². The molecule has 0 spiro atoms. The molecule has 0 aliphatic carbocycles. The number of aryl methyl sites for hydroxylation is 3. The zero-order valence-corrected chi connectivity index (χ0v) is 21.2. The minimum atomic E-state index is -4.29. The van der Waals surface area contributed by atoms with Gasteiger partial charge in [0, 0.05) is 0 Å². The van der Waals surface area contributed by atoms with Crippen molar-refractivity contribution in [3.8, 4) is 17.2 Å². The Balaban J connectivity index is 1.76. The van der Waals surface area contributed by atoms with Gasteiger partial charge >= 0.3 is 198 Å². The number of rotatable bonds is 8. The van der Waals surface area contributed by atoms with Crippen molar-refractivity contribution < 1.29 is 30.0 Å².